The molecule has 1 aliphatic heterocycles. The molecule has 22 heavy (non-hydrogen) atoms. The number of allylic oxidation sites excluding steroid dienone is 1. The maximum Gasteiger partial charge on any atom is 0.185 e. The molecule has 1 aromatic carbocycles. The van der Waals surface area contributed by atoms with Crippen LogP contribution in [0.3, 0.4) is 0 Å². The van der Waals surface area contributed by atoms with Gasteiger partial charge in [0, 0.05) is 37.4 Å². The molecule has 0 unspecified atom stereocenters. The average Bonchev–Trinajstić information content (AvgIpc) is 3.07. The Kier molecular flexibility index (Phi) is 4.39. The molecule has 2 aromatic rings. The lowest BCUT2D eigenvalue weighted by Gasteiger charge is -2.34. The monoisotopic (exact) mass is 296 g/mol. The molecule has 0 spiro atoms. The topological polar surface area (TPSA) is 36.7 Å². The van der Waals surface area contributed by atoms with E-state index in [4.69, 9.17) is 4.42 Å². The van der Waals surface area contributed by atoms with Crippen LogP contribution in [-0.2, 0) is 0 Å². The summed E-state index contributed by atoms with van der Waals surface area (Å²) in [5.41, 5.74) is 1.88. The van der Waals surface area contributed by atoms with E-state index >= 15 is 0 Å². The first kappa shape index (κ1) is 14.6. The van der Waals surface area contributed by atoms with Gasteiger partial charge in [-0.2, -0.15) is 0 Å². The van der Waals surface area contributed by atoms with E-state index in [1.165, 1.54) is 5.69 Å². The highest BCUT2D eigenvalue weighted by Crippen LogP contribution is 2.17. The molecule has 0 N–H and O–H groups in total. The second-order valence-electron chi connectivity index (χ2n) is 5.55. The van der Waals surface area contributed by atoms with E-state index < -0.39 is 0 Å². The van der Waals surface area contributed by atoms with Gasteiger partial charge in [-0.3, -0.25) is 4.79 Å². The van der Waals surface area contributed by atoms with Crippen molar-refractivity contribution in [2.75, 3.05) is 38.1 Å². The number of hydrogen-bond donors (Lipinski definition) is 0. The van der Waals surface area contributed by atoms with Gasteiger partial charge in [0.2, 0.25) is 0 Å². The van der Waals surface area contributed by atoms with Crippen LogP contribution in [0.15, 0.2) is 53.2 Å². The third kappa shape index (κ3) is 3.46. The van der Waals surface area contributed by atoms with Gasteiger partial charge in [0.05, 0.1) is 6.26 Å². The molecule has 1 fully saturated rings. The van der Waals surface area contributed by atoms with Crippen LogP contribution in [0.5, 0.6) is 0 Å². The Hall–Kier alpha value is -2.33. The Bertz CT molecular complexity index is 636. The number of anilines is 1. The van der Waals surface area contributed by atoms with Crippen LogP contribution in [0.2, 0.25) is 0 Å². The molecule has 0 atom stereocenters. The molecule has 1 aliphatic rings. The lowest BCUT2D eigenvalue weighted by molar-refractivity contribution is 0.104. The van der Waals surface area contributed by atoms with Crippen molar-refractivity contribution in [2.45, 2.75) is 0 Å². The molecule has 114 valence electrons. The van der Waals surface area contributed by atoms with E-state index in [0.29, 0.717) is 11.3 Å². The summed E-state index contributed by atoms with van der Waals surface area (Å²) in [7, 11) is 2.14. The van der Waals surface area contributed by atoms with Crippen molar-refractivity contribution in [3.8, 4) is 0 Å². The minimum absolute atomic E-state index is 0.0127. The minimum Gasteiger partial charge on any atom is -0.465 e. The van der Waals surface area contributed by atoms with Crippen molar-refractivity contribution >= 4 is 17.5 Å². The van der Waals surface area contributed by atoms with Gasteiger partial charge in [-0.1, -0.05) is 0 Å². The highest BCUT2D eigenvalue weighted by atomic mass is 16.3. The summed E-state index contributed by atoms with van der Waals surface area (Å²) in [6.45, 7) is 4.21. The number of benzene rings is 1. The van der Waals surface area contributed by atoms with Gasteiger partial charge >= 0.3 is 0 Å². The molecule has 0 saturated carbocycles. The highest BCUT2D eigenvalue weighted by Gasteiger charge is 2.14. The van der Waals surface area contributed by atoms with Gasteiger partial charge in [0.15, 0.2) is 5.78 Å². The smallest absolute Gasteiger partial charge is 0.185 e. The quantitative estimate of drug-likeness (QED) is 0.642. The molecule has 3 rings (SSSR count). The molecule has 4 heteroatoms. The third-order valence-electron chi connectivity index (χ3n) is 3.96. The Morgan fingerprint density at radius 3 is 2.45 bits per heavy atom. The summed E-state index contributed by atoms with van der Waals surface area (Å²) in [6, 6.07) is 11.5. The molecule has 2 heterocycles. The lowest BCUT2D eigenvalue weighted by Crippen LogP contribution is -2.44. The van der Waals surface area contributed by atoms with Crippen LogP contribution in [0.25, 0.3) is 6.08 Å². The van der Waals surface area contributed by atoms with Crippen molar-refractivity contribution in [1.82, 2.24) is 4.90 Å². The Balaban J connectivity index is 1.65. The van der Waals surface area contributed by atoms with Crippen molar-refractivity contribution < 1.29 is 9.21 Å². The van der Waals surface area contributed by atoms with Crippen LogP contribution < -0.4 is 4.90 Å². The van der Waals surface area contributed by atoms with Crippen molar-refractivity contribution in [2.24, 2.45) is 0 Å². The van der Waals surface area contributed by atoms with Gasteiger partial charge in [0.25, 0.3) is 0 Å². The van der Waals surface area contributed by atoms with Gasteiger partial charge in [-0.25, -0.2) is 0 Å². The van der Waals surface area contributed by atoms with E-state index in [1.54, 1.807) is 24.5 Å². The number of ketones is 1. The average molecular weight is 296 g/mol. The lowest BCUT2D eigenvalue weighted by atomic mass is 10.1. The fourth-order valence-electron chi connectivity index (χ4n) is 2.54. The van der Waals surface area contributed by atoms with Crippen LogP contribution in [0, 0.1) is 0 Å². The zero-order valence-corrected chi connectivity index (χ0v) is 12.7. The molecule has 0 amide bonds. The molecule has 1 aromatic heterocycles. The van der Waals surface area contributed by atoms with Gasteiger partial charge in [0.1, 0.15) is 5.76 Å². The SMILES string of the molecule is CN1CCN(c2ccc(C(=O)/C=C/c3ccco3)cc2)CC1. The minimum atomic E-state index is -0.0127. The number of likely N-dealkylation sites (N-methyl/N-ethyl adjacent to an activating group) is 1. The summed E-state index contributed by atoms with van der Waals surface area (Å²) in [6.07, 6.45) is 4.83. The molecule has 1 saturated heterocycles. The zero-order chi connectivity index (χ0) is 15.4. The molecule has 4 nitrogen and oxygen atoms in total. The summed E-state index contributed by atoms with van der Waals surface area (Å²) < 4.78 is 5.18. The fourth-order valence-corrected chi connectivity index (χ4v) is 2.54. The fraction of sp³-hybridized carbons (Fsp3) is 0.278. The second-order valence-corrected chi connectivity index (χ2v) is 5.55. The number of furan rings is 1. The van der Waals surface area contributed by atoms with Gasteiger partial charge in [-0.05, 0) is 55.6 Å². The molecule has 0 aliphatic carbocycles. The van der Waals surface area contributed by atoms with Crippen LogP contribution >= 0.6 is 0 Å². The predicted molar refractivity (Wildman–Crippen MR) is 88.2 cm³/mol. The Labute approximate surface area is 130 Å². The van der Waals surface area contributed by atoms with Crippen molar-refractivity contribution in [3.05, 3.63) is 60.1 Å². The number of rotatable bonds is 4. The third-order valence-corrected chi connectivity index (χ3v) is 3.96. The van der Waals surface area contributed by atoms with Crippen molar-refractivity contribution in [1.29, 1.82) is 0 Å². The van der Waals surface area contributed by atoms with Crippen molar-refractivity contribution in [3.63, 3.8) is 0 Å². The molecular weight excluding hydrogens is 276 g/mol. The van der Waals surface area contributed by atoms with E-state index in [1.807, 2.05) is 30.3 Å². The zero-order valence-electron chi connectivity index (χ0n) is 12.7. The first-order chi connectivity index (χ1) is 10.7. The normalized spacial score (nSPS) is 16.3. The highest BCUT2D eigenvalue weighted by molar-refractivity contribution is 6.06. The van der Waals surface area contributed by atoms with E-state index in [0.717, 1.165) is 26.2 Å². The van der Waals surface area contributed by atoms with E-state index in [2.05, 4.69) is 16.8 Å². The first-order valence-electron chi connectivity index (χ1n) is 7.52. The van der Waals surface area contributed by atoms with Gasteiger partial charge < -0.3 is 14.2 Å². The van der Waals surface area contributed by atoms with E-state index in [-0.39, 0.29) is 5.78 Å². The maximum atomic E-state index is 12.1. The summed E-state index contributed by atoms with van der Waals surface area (Å²) in [5.74, 6) is 0.670. The largest absolute Gasteiger partial charge is 0.465 e. The first-order valence-corrected chi connectivity index (χ1v) is 7.52. The molecule has 0 bridgehead atoms. The summed E-state index contributed by atoms with van der Waals surface area (Å²) >= 11 is 0. The maximum absolute atomic E-state index is 12.1. The Morgan fingerprint density at radius 2 is 1.82 bits per heavy atom. The van der Waals surface area contributed by atoms with Crippen LogP contribution in [0.4, 0.5) is 5.69 Å². The summed E-state index contributed by atoms with van der Waals surface area (Å²) in [4.78, 5) is 16.8. The molecule has 0 radical (unpaired) electrons. The number of nitrogens with zero attached hydrogens (tertiary/aromatic N) is 2. The summed E-state index contributed by atoms with van der Waals surface area (Å²) in [5, 5.41) is 0. The van der Waals surface area contributed by atoms with Gasteiger partial charge in [-0.15, -0.1) is 0 Å². The van der Waals surface area contributed by atoms with Crippen LogP contribution in [-0.4, -0.2) is 43.9 Å². The number of carbonyl (C=O) groups excluding carboxylic acids is 1. The van der Waals surface area contributed by atoms with Crippen LogP contribution in [0.1, 0.15) is 16.1 Å². The number of hydrogen-bond acceptors (Lipinski definition) is 4. The number of piperazine rings is 1. The van der Waals surface area contributed by atoms with E-state index in [9.17, 15) is 4.79 Å². The Morgan fingerprint density at radius 1 is 1.09 bits per heavy atom. The standard InChI is InChI=1S/C18H20N2O2/c1-19-10-12-20(13-11-19)16-6-4-15(5-7-16)18(21)9-8-17-3-2-14-22-17/h2-9,14H,10-13H2,1H3/b9-8+. The second kappa shape index (κ2) is 6.62. The number of carbonyl (C=O) groups is 1. The molecular formula is C18H20N2O2. The predicted octanol–water partition coefficient (Wildman–Crippen LogP) is 2.93.